The van der Waals surface area contributed by atoms with Crippen molar-refractivity contribution in [3.8, 4) is 0 Å². The number of nitrogens with one attached hydrogen (secondary N) is 1. The van der Waals surface area contributed by atoms with Gasteiger partial charge in [0, 0.05) is 19.0 Å². The molecule has 0 aromatic heterocycles. The molecule has 3 aliphatic rings. The van der Waals surface area contributed by atoms with Crippen LogP contribution in [0, 0.1) is 11.8 Å². The Morgan fingerprint density at radius 3 is 2.56 bits per heavy atom. The van der Waals surface area contributed by atoms with E-state index in [4.69, 9.17) is 0 Å². The lowest BCUT2D eigenvalue weighted by molar-refractivity contribution is -0.141. The first-order chi connectivity index (χ1) is 12.2. The van der Waals surface area contributed by atoms with Crippen molar-refractivity contribution in [2.75, 3.05) is 13.1 Å². The Morgan fingerprint density at radius 1 is 1.04 bits per heavy atom. The van der Waals surface area contributed by atoms with Crippen molar-refractivity contribution in [3.63, 3.8) is 0 Å². The highest BCUT2D eigenvalue weighted by atomic mass is 16.2. The molecular weight excluding hydrogens is 312 g/mol. The van der Waals surface area contributed by atoms with Crippen molar-refractivity contribution in [1.29, 1.82) is 0 Å². The summed E-state index contributed by atoms with van der Waals surface area (Å²) in [4.78, 5) is 27.2. The maximum absolute atomic E-state index is 12.7. The van der Waals surface area contributed by atoms with Crippen molar-refractivity contribution in [1.82, 2.24) is 10.2 Å². The molecule has 0 bridgehead atoms. The highest BCUT2D eigenvalue weighted by molar-refractivity contribution is 5.89. The largest absolute Gasteiger partial charge is 0.354 e. The lowest BCUT2D eigenvalue weighted by atomic mass is 10.1. The van der Waals surface area contributed by atoms with Gasteiger partial charge < -0.3 is 10.2 Å². The maximum Gasteiger partial charge on any atom is 0.242 e. The Hall–Kier alpha value is -1.84. The number of benzene rings is 1. The number of likely N-dealkylation sites (tertiary alicyclic amines) is 1. The molecule has 25 heavy (non-hydrogen) atoms. The molecule has 0 radical (unpaired) electrons. The van der Waals surface area contributed by atoms with Crippen LogP contribution >= 0.6 is 0 Å². The highest BCUT2D eigenvalue weighted by Gasteiger charge is 2.40. The smallest absolute Gasteiger partial charge is 0.242 e. The number of amides is 2. The number of carbonyl (C=O) groups excluding carboxylic acids is 2. The predicted molar refractivity (Wildman–Crippen MR) is 97.0 cm³/mol. The zero-order valence-electron chi connectivity index (χ0n) is 14.8. The van der Waals surface area contributed by atoms with E-state index in [1.165, 1.54) is 5.56 Å². The fraction of sp³-hybridized carbons (Fsp3) is 0.619. The van der Waals surface area contributed by atoms with Crippen LogP contribution in [-0.2, 0) is 9.59 Å². The van der Waals surface area contributed by atoms with Gasteiger partial charge in [0.2, 0.25) is 11.8 Å². The Balaban J connectivity index is 1.28. The van der Waals surface area contributed by atoms with E-state index in [9.17, 15) is 9.59 Å². The molecular formula is C21H28N2O2. The van der Waals surface area contributed by atoms with Gasteiger partial charge in [0.15, 0.2) is 0 Å². The molecule has 1 aromatic carbocycles. The predicted octanol–water partition coefficient (Wildman–Crippen LogP) is 3.09. The quantitative estimate of drug-likeness (QED) is 0.895. The Morgan fingerprint density at radius 2 is 1.80 bits per heavy atom. The molecule has 4 nitrogen and oxygen atoms in total. The van der Waals surface area contributed by atoms with E-state index in [0.29, 0.717) is 11.8 Å². The molecule has 3 atom stereocenters. The summed E-state index contributed by atoms with van der Waals surface area (Å²) in [6.07, 6.45) is 7.24. The van der Waals surface area contributed by atoms with Gasteiger partial charge in [-0.3, -0.25) is 9.59 Å². The third-order valence-corrected chi connectivity index (χ3v) is 6.23. The lowest BCUT2D eigenvalue weighted by Crippen LogP contribution is -2.48. The Bertz CT molecular complexity index is 624. The molecule has 1 saturated heterocycles. The van der Waals surface area contributed by atoms with E-state index in [1.807, 2.05) is 11.0 Å². The zero-order valence-corrected chi connectivity index (χ0v) is 14.8. The molecule has 4 heteroatoms. The van der Waals surface area contributed by atoms with Crippen LogP contribution in [0.4, 0.5) is 0 Å². The number of nitrogens with zero attached hydrogens (tertiary/aromatic N) is 1. The van der Waals surface area contributed by atoms with E-state index < -0.39 is 0 Å². The molecule has 1 aliphatic heterocycles. The van der Waals surface area contributed by atoms with Gasteiger partial charge in [-0.05, 0) is 49.5 Å². The van der Waals surface area contributed by atoms with Gasteiger partial charge in [-0.1, -0.05) is 43.2 Å². The van der Waals surface area contributed by atoms with Crippen LogP contribution in [-0.4, -0.2) is 35.8 Å². The number of rotatable bonds is 5. The van der Waals surface area contributed by atoms with E-state index in [1.54, 1.807) is 0 Å². The van der Waals surface area contributed by atoms with Crippen LogP contribution in [0.3, 0.4) is 0 Å². The number of hydrogen-bond acceptors (Lipinski definition) is 2. The first-order valence-electron chi connectivity index (χ1n) is 9.87. The van der Waals surface area contributed by atoms with Crippen molar-refractivity contribution < 1.29 is 9.59 Å². The molecule has 2 amide bonds. The average Bonchev–Trinajstić information content (AvgIpc) is 3.05. The van der Waals surface area contributed by atoms with Gasteiger partial charge in [0.1, 0.15) is 6.04 Å². The van der Waals surface area contributed by atoms with E-state index in [2.05, 4.69) is 29.6 Å². The highest BCUT2D eigenvalue weighted by Crippen LogP contribution is 2.46. The van der Waals surface area contributed by atoms with Crippen LogP contribution in [0.1, 0.15) is 56.4 Å². The fourth-order valence-electron chi connectivity index (χ4n) is 4.64. The Labute approximate surface area is 150 Å². The number of carbonyl (C=O) groups is 2. The standard InChI is InChI=1S/C21H28N2O2/c24-20(22-14-17-13-18(17)15-7-2-1-3-8-15)19-11-6-12-23(19)21(25)16-9-4-5-10-16/h1-3,7-8,16-19H,4-6,9-14H2,(H,22,24)/t17-,18+,19+/m0/s1. The van der Waals surface area contributed by atoms with Crippen molar-refractivity contribution in [2.24, 2.45) is 11.8 Å². The molecule has 0 spiro atoms. The van der Waals surface area contributed by atoms with Gasteiger partial charge in [-0.2, -0.15) is 0 Å². The fourth-order valence-corrected chi connectivity index (χ4v) is 4.64. The SMILES string of the molecule is O=C(NC[C@@H]1C[C@@H]1c1ccccc1)[C@H]1CCCN1C(=O)C1CCCC1. The van der Waals surface area contributed by atoms with Crippen LogP contribution in [0.25, 0.3) is 0 Å². The molecule has 2 aliphatic carbocycles. The second-order valence-electron chi connectivity index (χ2n) is 7.93. The van der Waals surface area contributed by atoms with E-state index in [-0.39, 0.29) is 23.8 Å². The minimum absolute atomic E-state index is 0.0579. The Kier molecular flexibility index (Phi) is 4.78. The first-order valence-corrected chi connectivity index (χ1v) is 9.87. The molecule has 2 saturated carbocycles. The van der Waals surface area contributed by atoms with Crippen LogP contribution < -0.4 is 5.32 Å². The summed E-state index contributed by atoms with van der Waals surface area (Å²) in [7, 11) is 0. The molecule has 1 N–H and O–H groups in total. The summed E-state index contributed by atoms with van der Waals surface area (Å²) in [6, 6.07) is 10.3. The third-order valence-electron chi connectivity index (χ3n) is 6.23. The molecule has 0 unspecified atom stereocenters. The molecule has 134 valence electrons. The first kappa shape index (κ1) is 16.6. The summed E-state index contributed by atoms with van der Waals surface area (Å²) in [5.41, 5.74) is 1.38. The van der Waals surface area contributed by atoms with Gasteiger partial charge >= 0.3 is 0 Å². The molecule has 1 aromatic rings. The van der Waals surface area contributed by atoms with E-state index in [0.717, 1.165) is 58.0 Å². The van der Waals surface area contributed by atoms with Gasteiger partial charge in [-0.15, -0.1) is 0 Å². The van der Waals surface area contributed by atoms with Gasteiger partial charge in [0.25, 0.3) is 0 Å². The van der Waals surface area contributed by atoms with Crippen LogP contribution in [0.5, 0.6) is 0 Å². The van der Waals surface area contributed by atoms with Crippen molar-refractivity contribution in [3.05, 3.63) is 35.9 Å². The topological polar surface area (TPSA) is 49.4 Å². The summed E-state index contributed by atoms with van der Waals surface area (Å²) in [5, 5.41) is 3.13. The maximum atomic E-state index is 12.7. The summed E-state index contributed by atoms with van der Waals surface area (Å²) in [5.74, 6) is 1.58. The molecule has 1 heterocycles. The lowest BCUT2D eigenvalue weighted by Gasteiger charge is -2.26. The van der Waals surface area contributed by atoms with Crippen LogP contribution in [0.15, 0.2) is 30.3 Å². The zero-order chi connectivity index (χ0) is 17.2. The second kappa shape index (κ2) is 7.19. The minimum Gasteiger partial charge on any atom is -0.354 e. The third kappa shape index (κ3) is 3.58. The van der Waals surface area contributed by atoms with Gasteiger partial charge in [0.05, 0.1) is 0 Å². The van der Waals surface area contributed by atoms with Crippen LogP contribution in [0.2, 0.25) is 0 Å². The molecule has 3 fully saturated rings. The summed E-state index contributed by atoms with van der Waals surface area (Å²) >= 11 is 0. The summed E-state index contributed by atoms with van der Waals surface area (Å²) < 4.78 is 0. The number of hydrogen-bond donors (Lipinski definition) is 1. The monoisotopic (exact) mass is 340 g/mol. The normalized spacial score (nSPS) is 29.0. The minimum atomic E-state index is -0.234. The van der Waals surface area contributed by atoms with Gasteiger partial charge in [-0.25, -0.2) is 0 Å². The summed E-state index contributed by atoms with van der Waals surface area (Å²) in [6.45, 7) is 1.49. The van der Waals surface area contributed by atoms with Crippen molar-refractivity contribution in [2.45, 2.75) is 56.9 Å². The van der Waals surface area contributed by atoms with E-state index >= 15 is 0 Å². The average molecular weight is 340 g/mol. The molecule has 4 rings (SSSR count). The second-order valence-corrected chi connectivity index (χ2v) is 7.93. The van der Waals surface area contributed by atoms with Crippen molar-refractivity contribution >= 4 is 11.8 Å².